The van der Waals surface area contributed by atoms with Crippen molar-refractivity contribution in [1.82, 2.24) is 5.32 Å². The van der Waals surface area contributed by atoms with Crippen LogP contribution in [0.2, 0.25) is 0 Å². The first kappa shape index (κ1) is 21.3. The van der Waals surface area contributed by atoms with Gasteiger partial charge >= 0.3 is 0 Å². The molecule has 2 unspecified atom stereocenters. The Hall–Kier alpha value is -3.97. The Morgan fingerprint density at radius 3 is 2.19 bits per heavy atom. The van der Waals surface area contributed by atoms with Gasteiger partial charge in [-0.05, 0) is 48.0 Å². The average Bonchev–Trinajstić information content (AvgIpc) is 2.79. The van der Waals surface area contributed by atoms with Crippen molar-refractivity contribution in [3.63, 3.8) is 0 Å². The van der Waals surface area contributed by atoms with E-state index in [4.69, 9.17) is 16.9 Å². The number of nitrogens with two attached hydrogens (primary N) is 2. The third kappa shape index (κ3) is 3.86. The molecule has 0 bridgehead atoms. The highest BCUT2D eigenvalue weighted by Crippen LogP contribution is 2.43. The number of nitrogens with one attached hydrogen (secondary N) is 3. The number of carbonyl (C=O) groups is 2. The van der Waals surface area contributed by atoms with Crippen LogP contribution in [-0.4, -0.2) is 24.6 Å². The molecule has 0 aromatic heterocycles. The molecule has 0 spiro atoms. The van der Waals surface area contributed by atoms with Crippen LogP contribution in [0, 0.1) is 5.41 Å². The van der Waals surface area contributed by atoms with E-state index < -0.39 is 17.7 Å². The second kappa shape index (κ2) is 8.64. The lowest BCUT2D eigenvalue weighted by Crippen LogP contribution is -2.34. The summed E-state index contributed by atoms with van der Waals surface area (Å²) in [4.78, 5) is 23.6. The highest BCUT2D eigenvalue weighted by molar-refractivity contribution is 6.16. The molecular formula is C25H25N5O2. The molecule has 0 radical (unpaired) electrons. The Bertz CT molecular complexity index is 1190. The molecule has 4 rings (SSSR count). The van der Waals surface area contributed by atoms with Gasteiger partial charge in [-0.25, -0.2) is 0 Å². The highest BCUT2D eigenvalue weighted by Gasteiger charge is 2.36. The number of benzene rings is 3. The summed E-state index contributed by atoms with van der Waals surface area (Å²) in [7, 11) is 1.90. The van der Waals surface area contributed by atoms with Gasteiger partial charge in [-0.2, -0.15) is 0 Å². The lowest BCUT2D eigenvalue weighted by atomic mass is 9.76. The van der Waals surface area contributed by atoms with Crippen LogP contribution in [0.4, 0.5) is 5.69 Å². The zero-order chi connectivity index (χ0) is 22.8. The second-order valence-corrected chi connectivity index (χ2v) is 7.86. The van der Waals surface area contributed by atoms with E-state index in [-0.39, 0.29) is 6.04 Å². The number of hydrogen-bond acceptors (Lipinski definition) is 5. The van der Waals surface area contributed by atoms with Crippen LogP contribution in [0.15, 0.2) is 66.7 Å². The molecule has 0 saturated heterocycles. The maximum Gasteiger partial charge on any atom is 0.249 e. The normalized spacial score (nSPS) is 17.3. The van der Waals surface area contributed by atoms with Crippen molar-refractivity contribution in [3.05, 3.63) is 100 Å². The zero-order valence-corrected chi connectivity index (χ0v) is 17.7. The van der Waals surface area contributed by atoms with Gasteiger partial charge in [-0.15, -0.1) is 0 Å². The number of fused-ring (bicyclic) bond motifs is 1. The van der Waals surface area contributed by atoms with Gasteiger partial charge in [0.25, 0.3) is 0 Å². The van der Waals surface area contributed by atoms with Gasteiger partial charge in [0.05, 0.1) is 23.2 Å². The van der Waals surface area contributed by atoms with Crippen LogP contribution >= 0.6 is 0 Å². The summed E-state index contributed by atoms with van der Waals surface area (Å²) in [6, 6.07) is 20.1. The maximum absolute atomic E-state index is 12.1. The minimum atomic E-state index is -0.578. The van der Waals surface area contributed by atoms with Crippen LogP contribution in [0.25, 0.3) is 0 Å². The molecule has 2 amide bonds. The Balaban J connectivity index is 1.84. The maximum atomic E-state index is 12.1. The number of rotatable bonds is 6. The van der Waals surface area contributed by atoms with Gasteiger partial charge in [-0.1, -0.05) is 42.5 Å². The molecule has 0 fully saturated rings. The van der Waals surface area contributed by atoms with Crippen molar-refractivity contribution in [1.29, 1.82) is 5.41 Å². The highest BCUT2D eigenvalue weighted by atomic mass is 16.1. The summed E-state index contributed by atoms with van der Waals surface area (Å²) in [5.41, 5.74) is 16.2. The van der Waals surface area contributed by atoms with Crippen molar-refractivity contribution in [2.45, 2.75) is 18.5 Å². The Morgan fingerprint density at radius 1 is 0.938 bits per heavy atom. The summed E-state index contributed by atoms with van der Waals surface area (Å²) in [5.74, 6) is -1.49. The number of primary amides is 2. The molecule has 1 heterocycles. The predicted molar refractivity (Wildman–Crippen MR) is 125 cm³/mol. The van der Waals surface area contributed by atoms with Crippen molar-refractivity contribution >= 4 is 23.2 Å². The molecule has 32 heavy (non-hydrogen) atoms. The molecule has 3 aromatic carbocycles. The summed E-state index contributed by atoms with van der Waals surface area (Å²) >= 11 is 0. The van der Waals surface area contributed by atoms with Gasteiger partial charge in [0.1, 0.15) is 0 Å². The molecule has 7 nitrogen and oxygen atoms in total. The molecule has 7 heteroatoms. The summed E-state index contributed by atoms with van der Waals surface area (Å²) in [6.45, 7) is 0.761. The fourth-order valence-corrected chi connectivity index (χ4v) is 4.28. The first-order valence-corrected chi connectivity index (χ1v) is 10.3. The Morgan fingerprint density at radius 2 is 1.59 bits per heavy atom. The molecule has 3 aromatic rings. The third-order valence-electron chi connectivity index (χ3n) is 5.83. The minimum Gasteiger partial charge on any atom is -0.377 e. The summed E-state index contributed by atoms with van der Waals surface area (Å²) < 4.78 is 0. The zero-order valence-electron chi connectivity index (χ0n) is 17.7. The van der Waals surface area contributed by atoms with Crippen LogP contribution in [0.1, 0.15) is 54.9 Å². The molecule has 0 aliphatic carbocycles. The van der Waals surface area contributed by atoms with Gasteiger partial charge in [-0.3, -0.25) is 9.59 Å². The van der Waals surface area contributed by atoms with Gasteiger partial charge in [0.15, 0.2) is 0 Å². The molecule has 7 N–H and O–H groups in total. The van der Waals surface area contributed by atoms with E-state index in [2.05, 4.69) is 22.8 Å². The summed E-state index contributed by atoms with van der Waals surface area (Å²) in [5, 5.41) is 15.7. The van der Waals surface area contributed by atoms with Crippen molar-refractivity contribution in [3.8, 4) is 0 Å². The van der Waals surface area contributed by atoms with E-state index in [0.29, 0.717) is 28.1 Å². The first-order valence-electron chi connectivity index (χ1n) is 10.3. The molecular weight excluding hydrogens is 402 g/mol. The van der Waals surface area contributed by atoms with E-state index >= 15 is 0 Å². The Labute approximate surface area is 186 Å². The van der Waals surface area contributed by atoms with Gasteiger partial charge in [0.2, 0.25) is 11.8 Å². The van der Waals surface area contributed by atoms with E-state index in [1.165, 1.54) is 0 Å². The fourth-order valence-electron chi connectivity index (χ4n) is 4.28. The largest absolute Gasteiger partial charge is 0.377 e. The number of anilines is 1. The number of hydrogen-bond donors (Lipinski definition) is 5. The van der Waals surface area contributed by atoms with Gasteiger partial charge < -0.3 is 27.5 Å². The molecule has 1 aliphatic heterocycles. The smallest absolute Gasteiger partial charge is 0.249 e. The quantitative estimate of drug-likeness (QED) is 0.413. The van der Waals surface area contributed by atoms with Crippen molar-refractivity contribution in [2.24, 2.45) is 11.5 Å². The molecule has 162 valence electrons. The molecule has 0 saturated carbocycles. The summed E-state index contributed by atoms with van der Waals surface area (Å²) in [6.07, 6.45) is 0. The first-order chi connectivity index (χ1) is 15.4. The lowest BCUT2D eigenvalue weighted by molar-refractivity contribution is 0.0991. The minimum absolute atomic E-state index is 0.249. The lowest BCUT2D eigenvalue weighted by Gasteiger charge is -2.37. The van der Waals surface area contributed by atoms with Crippen molar-refractivity contribution in [2.75, 3.05) is 12.4 Å². The van der Waals surface area contributed by atoms with Crippen molar-refractivity contribution < 1.29 is 9.59 Å². The van der Waals surface area contributed by atoms with E-state index in [9.17, 15) is 9.59 Å². The number of carbonyl (C=O) groups excluding carboxylic acids is 2. The molecule has 2 atom stereocenters. The van der Waals surface area contributed by atoms with E-state index in [1.807, 2.05) is 25.2 Å². The average molecular weight is 428 g/mol. The second-order valence-electron chi connectivity index (χ2n) is 7.86. The third-order valence-corrected chi connectivity index (χ3v) is 5.83. The van der Waals surface area contributed by atoms with Gasteiger partial charge in [0, 0.05) is 23.4 Å². The SMILES string of the molecule is CNCc1ccc(C2Nc3cccc(C(N)=O)c3C(=N)C2c2ccc(C(N)=O)cc2)cc1. The standard InChI is InChI=1S/C25H25N5O2/c1-29-13-14-5-7-16(8-6-14)23-20(15-9-11-17(12-10-15)24(27)31)22(26)21-18(25(28)32)3-2-4-19(21)30-23/h2-12,20,23,26,29-30H,13H2,1H3,(H2,27,31)(H2,28,32). The van der Waals surface area contributed by atoms with Crippen LogP contribution in [0.5, 0.6) is 0 Å². The van der Waals surface area contributed by atoms with E-state index in [1.54, 1.807) is 36.4 Å². The van der Waals surface area contributed by atoms with Crippen LogP contribution < -0.4 is 22.1 Å². The number of amides is 2. The van der Waals surface area contributed by atoms with Crippen LogP contribution in [0.3, 0.4) is 0 Å². The predicted octanol–water partition coefficient (Wildman–Crippen LogP) is 2.92. The topological polar surface area (TPSA) is 134 Å². The molecule has 1 aliphatic rings. The Kier molecular flexibility index (Phi) is 5.75. The van der Waals surface area contributed by atoms with Crippen LogP contribution in [-0.2, 0) is 6.54 Å². The monoisotopic (exact) mass is 427 g/mol. The fraction of sp³-hybridized carbons (Fsp3) is 0.160. The van der Waals surface area contributed by atoms with E-state index in [0.717, 1.165) is 23.2 Å².